The number of hydrogen-bond acceptors (Lipinski definition) is 30. The highest BCUT2D eigenvalue weighted by atomic mass is 16.5. The van der Waals surface area contributed by atoms with Crippen LogP contribution in [-0.4, -0.2) is 426 Å². The molecule has 0 bridgehead atoms. The van der Waals surface area contributed by atoms with Crippen LogP contribution < -0.4 is 64.2 Å². The number of nitrogens with two attached hydrogens (primary N) is 1. The van der Waals surface area contributed by atoms with E-state index in [-0.39, 0.29) is 73.3 Å². The van der Waals surface area contributed by atoms with Gasteiger partial charge in [0.1, 0.15) is 60.4 Å². The van der Waals surface area contributed by atoms with Crippen molar-refractivity contribution in [1.82, 2.24) is 92.8 Å². The third-order valence-corrected chi connectivity index (χ3v) is 27.7. The molecule has 3 aliphatic rings. The second-order valence-corrected chi connectivity index (χ2v) is 40.5. The van der Waals surface area contributed by atoms with Crippen LogP contribution in [0.3, 0.4) is 0 Å². The fraction of sp³-hybridized carbons (Fsp3) is 0.765. The van der Waals surface area contributed by atoms with Crippen molar-refractivity contribution in [2.24, 2.45) is 53.1 Å². The number of likely N-dealkylation sites (N-methyl/N-ethyl adjacent to an activating group) is 4. The predicted octanol–water partition coefficient (Wildman–Crippen LogP) is -3.40. The maximum atomic E-state index is 14.8. The minimum atomic E-state index is -2.27. The first kappa shape index (κ1) is 131. The number of aliphatic carboxylic acids is 4. The summed E-state index contributed by atoms with van der Waals surface area (Å²) in [6.07, 6.45) is -9.38. The van der Waals surface area contributed by atoms with Crippen molar-refractivity contribution in [3.8, 4) is 0 Å². The first-order valence-electron chi connectivity index (χ1n) is 50.5. The molecule has 0 aromatic carbocycles. The first-order valence-corrected chi connectivity index (χ1v) is 50.5. The molecule has 3 aliphatic heterocycles. The summed E-state index contributed by atoms with van der Waals surface area (Å²) in [7, 11) is 15.6. The number of ether oxygens (including phenoxy) is 4. The summed E-state index contributed by atoms with van der Waals surface area (Å²) in [5.74, 6) is -26.7. The van der Waals surface area contributed by atoms with E-state index in [1.54, 1.807) is 79.8 Å². The molecule has 0 aromatic rings. The molecule has 3 rings (SSSR count). The Labute approximate surface area is 866 Å². The van der Waals surface area contributed by atoms with Gasteiger partial charge in [-0.2, -0.15) is 0 Å². The second kappa shape index (κ2) is 62.2. The summed E-state index contributed by atoms with van der Waals surface area (Å²) in [5, 5.41) is 88.7. The van der Waals surface area contributed by atoms with Gasteiger partial charge in [-0.25, -0.2) is 4.79 Å². The first-order chi connectivity index (χ1) is 69.1. The van der Waals surface area contributed by atoms with Crippen LogP contribution in [0.5, 0.6) is 0 Å². The van der Waals surface area contributed by atoms with Gasteiger partial charge >= 0.3 is 23.9 Å². The highest BCUT2D eigenvalue weighted by molar-refractivity contribution is 6.15. The summed E-state index contributed by atoms with van der Waals surface area (Å²) in [6, 6.07) is -22.6. The van der Waals surface area contributed by atoms with Crippen LogP contribution in [0.15, 0.2) is 12.2 Å². The number of nitrogens with zero attached hydrogens (tertiary/aromatic N) is 7. The Balaban J connectivity index is 1.99. The van der Waals surface area contributed by atoms with E-state index in [2.05, 4.69) is 58.5 Å². The molecule has 2 fully saturated rings. The summed E-state index contributed by atoms with van der Waals surface area (Å²) >= 11 is 0. The monoisotopic (exact) mass is 2110 g/mol. The lowest BCUT2D eigenvalue weighted by Crippen LogP contribution is -2.63. The van der Waals surface area contributed by atoms with Crippen molar-refractivity contribution in [2.75, 3.05) is 103 Å². The summed E-state index contributed by atoms with van der Waals surface area (Å²) in [5.41, 5.74) is 5.87. The van der Waals surface area contributed by atoms with E-state index in [0.29, 0.717) is 43.4 Å². The number of aliphatic hydroxyl groups excluding tert-OH is 2. The van der Waals surface area contributed by atoms with Gasteiger partial charge in [0.2, 0.25) is 88.6 Å². The van der Waals surface area contributed by atoms with E-state index < -0.39 is 316 Å². The molecule has 0 radical (unpaired) electrons. The number of likely N-dealkylation sites (tertiary alicyclic amines) is 2. The maximum absolute atomic E-state index is 14.8. The van der Waals surface area contributed by atoms with E-state index in [1.807, 2.05) is 55.4 Å². The van der Waals surface area contributed by atoms with Crippen molar-refractivity contribution in [2.45, 2.75) is 334 Å². The Morgan fingerprint density at radius 3 is 1.01 bits per heavy atom. The van der Waals surface area contributed by atoms with Gasteiger partial charge in [-0.1, -0.05) is 110 Å². The zero-order valence-corrected chi connectivity index (χ0v) is 90.5. The topological polar surface area (TPSA) is 698 Å². The third kappa shape index (κ3) is 37.6. The number of nitrogens with one attached hydrogen (secondary N) is 11. The van der Waals surface area contributed by atoms with Gasteiger partial charge in [0.15, 0.2) is 0 Å². The predicted molar refractivity (Wildman–Crippen MR) is 535 cm³/mol. The molecule has 50 heteroatoms. The fourth-order valence-electron chi connectivity index (χ4n) is 19.3. The Morgan fingerprint density at radius 2 is 0.709 bits per heavy atom. The number of aliphatic hydroxyl groups is 2. The second-order valence-electron chi connectivity index (χ2n) is 40.5. The van der Waals surface area contributed by atoms with Crippen molar-refractivity contribution >= 4 is 124 Å². The van der Waals surface area contributed by atoms with Gasteiger partial charge in [-0.15, -0.1) is 0 Å². The van der Waals surface area contributed by atoms with Gasteiger partial charge in [0, 0.05) is 107 Å². The van der Waals surface area contributed by atoms with E-state index in [4.69, 9.17) is 24.7 Å². The molecule has 0 saturated carbocycles. The van der Waals surface area contributed by atoms with E-state index >= 15 is 0 Å². The Bertz CT molecular complexity index is 4520. The van der Waals surface area contributed by atoms with Gasteiger partial charge in [0.25, 0.3) is 11.8 Å². The lowest BCUT2D eigenvalue weighted by molar-refractivity contribution is -0.148. The minimum absolute atomic E-state index is 0.0964. The van der Waals surface area contributed by atoms with Crippen molar-refractivity contribution < 1.29 is 150 Å². The number of carbonyl (C=O) groups excluding carboxylic acids is 17. The lowest BCUT2D eigenvalue weighted by Gasteiger charge is -2.41. The standard InChI is InChI=1S/C98H167N19O31/c1-27-52(11)81(113(21)96(141)75(48(3)4)107-94(139)79(50(7)8)111(17)18)66(145-23)43-70(122)115-41-29-31-63(115)83(147-25)54(13)85(130)109-77(56(15)118)92(137)103-59(34-39-73(126)127)88(133)105-61(46-101-91(136)65(45-99)117-68(120)36-37-69(117)121)90(135)102-58(33-38-72(124)125)87(132)100-47-62(98(143)144)106-89(134)60(35-40-74(128)129)104-93(138)78(57(16)119)110-86(131)55(14)84(148-26)64-32-30-42-116(64)71(123)44-67(146-24)82(53(12)28-2)114(22)97(142)76(49(5)6)108-95(140)80(51(9)10)112(19)20/h36-37,48-67,75-84,118-119H,27-35,38-47,99H2,1-26H3,(H,100,132)(H,101,136)(H,102,135)(H,103,137)(H,104,138)(H,105,133)(H,106,134)(H,107,139)(H,108,140)(H,109,130)(H,110,131)(H,124,125)(H,126,127)(H,128,129)(H,143,144)/t52?,53-,54+,55+,56+,57+,58-,59-,60-,61-,62-,63-,64-,65-,66+,67+,75-,76?,77?,78?,79-,80-,81-,82-,83+,84+/m0/s1. The number of hydrogen-bond donors (Lipinski definition) is 18. The van der Waals surface area contributed by atoms with Crippen molar-refractivity contribution in [1.29, 1.82) is 0 Å². The molecular formula is C98H167N19O31. The number of imide groups is 1. The van der Waals surface area contributed by atoms with Crippen LogP contribution in [0.25, 0.3) is 0 Å². The van der Waals surface area contributed by atoms with Crippen LogP contribution in [0.4, 0.5) is 0 Å². The normalized spacial score (nSPS) is 19.2. The molecule has 17 amide bonds. The number of carboxylic acids is 4. The zero-order chi connectivity index (χ0) is 113. The molecule has 26 atom stereocenters. The Morgan fingerprint density at radius 1 is 0.399 bits per heavy atom. The third-order valence-electron chi connectivity index (χ3n) is 27.7. The number of rotatable bonds is 66. The quantitative estimate of drug-likeness (QED) is 0.0264. The molecule has 0 aromatic heterocycles. The number of amides is 17. The van der Waals surface area contributed by atoms with Crippen molar-refractivity contribution in [3.05, 3.63) is 12.2 Å². The highest BCUT2D eigenvalue weighted by Crippen LogP contribution is 2.34. The van der Waals surface area contributed by atoms with Crippen LogP contribution in [0.1, 0.15) is 201 Å². The average molecular weight is 2110 g/mol. The molecule has 0 aliphatic carbocycles. The van der Waals surface area contributed by atoms with Gasteiger partial charge < -0.3 is 133 Å². The van der Waals surface area contributed by atoms with Crippen LogP contribution in [0.2, 0.25) is 0 Å². The summed E-state index contributed by atoms with van der Waals surface area (Å²) in [6.45, 7) is 24.7. The van der Waals surface area contributed by atoms with Gasteiger partial charge in [0.05, 0.1) is 97.6 Å². The summed E-state index contributed by atoms with van der Waals surface area (Å²) < 4.78 is 24.0. The van der Waals surface area contributed by atoms with Crippen LogP contribution in [-0.2, 0) is 120 Å². The number of carbonyl (C=O) groups is 21. The largest absolute Gasteiger partial charge is 0.481 e. The molecule has 148 heavy (non-hydrogen) atoms. The summed E-state index contributed by atoms with van der Waals surface area (Å²) in [4.78, 5) is 302. The van der Waals surface area contributed by atoms with Crippen molar-refractivity contribution in [3.63, 3.8) is 0 Å². The molecule has 840 valence electrons. The molecule has 19 N–H and O–H groups in total. The Kier molecular flexibility index (Phi) is 54.9. The van der Waals surface area contributed by atoms with Gasteiger partial charge in [-0.05, 0) is 122 Å². The SMILES string of the molecule is CCC(C)[C@@H]([C@@H](CC(=O)N1CCC[C@H]1[C@H](OC)[C@@H](C)C(=O)NC(C(=O)N[C@@H](CCC(=O)O)C(=O)N[C@@H](CNC(=O)[C@H](CN)N1C(=O)C=CC1=O)C(=O)N[C@@H](CCC(=O)O)C(=O)NC[C@H](NC(=O)[C@H](CCC(=O)O)NC(=O)C(NC(=O)[C@H](C)[C@@H](OC)[C@@H]1CCCN1C(=O)C[C@@H](OC)[C@H]([C@@H](C)CC)N(C)C(=O)C(NC(=O)[C@H](C(C)C)N(C)C)C(C)C)[C@@H](C)O)C(=O)O)[C@@H](C)O)OC)N(C)C(=O)[C@@H](NC(=O)[C@H](C(C)C)N(C)C)C(C)C. The molecule has 50 nitrogen and oxygen atoms in total. The highest BCUT2D eigenvalue weighted by Gasteiger charge is 2.49. The molecule has 3 heterocycles. The van der Waals surface area contributed by atoms with Crippen LogP contribution in [0, 0.1) is 47.3 Å². The maximum Gasteiger partial charge on any atom is 0.328 e. The molecular weight excluding hydrogens is 1940 g/mol. The van der Waals surface area contributed by atoms with Crippen LogP contribution >= 0.6 is 0 Å². The molecule has 0 spiro atoms. The zero-order valence-electron chi connectivity index (χ0n) is 90.5. The lowest BCUT2D eigenvalue weighted by atomic mass is 9.89. The van der Waals surface area contributed by atoms with E-state index in [1.165, 1.54) is 61.9 Å². The average Bonchev–Trinajstić information content (AvgIpc) is 1.26. The van der Waals surface area contributed by atoms with E-state index in [0.717, 1.165) is 26.0 Å². The molecule has 4 unspecified atom stereocenters. The van der Waals surface area contributed by atoms with E-state index in [9.17, 15) is 131 Å². The minimum Gasteiger partial charge on any atom is -0.481 e. The Hall–Kier alpha value is -11.5. The number of carboxylic acid groups (broad SMARTS) is 4. The fourth-order valence-corrected chi connectivity index (χ4v) is 19.3. The molecule has 2 saturated heterocycles. The smallest absolute Gasteiger partial charge is 0.328 e. The van der Waals surface area contributed by atoms with Gasteiger partial charge in [-0.3, -0.25) is 111 Å². The number of methoxy groups -OCH3 is 4.